The molecular formula is C18H20N10O6. The molecule has 0 spiro atoms. The molecule has 0 aromatic carbocycles. The van der Waals surface area contributed by atoms with E-state index in [9.17, 15) is 19.2 Å². The van der Waals surface area contributed by atoms with E-state index < -0.39 is 11.1 Å². The van der Waals surface area contributed by atoms with Crippen LogP contribution >= 0.6 is 0 Å². The van der Waals surface area contributed by atoms with Crippen LogP contribution in [0.2, 0.25) is 0 Å². The van der Waals surface area contributed by atoms with Crippen LogP contribution in [0.5, 0.6) is 0 Å². The summed E-state index contributed by atoms with van der Waals surface area (Å²) in [6.07, 6.45) is 2.80. The van der Waals surface area contributed by atoms with E-state index >= 15 is 0 Å². The number of carbonyl (C=O) groups excluding carboxylic acids is 2. The number of amides is 2. The molecule has 34 heavy (non-hydrogen) atoms. The molecule has 0 atom stereocenters. The van der Waals surface area contributed by atoms with Crippen molar-refractivity contribution in [1.82, 2.24) is 39.0 Å². The highest BCUT2D eigenvalue weighted by molar-refractivity contribution is 5.88. The van der Waals surface area contributed by atoms with E-state index in [1.54, 1.807) is 0 Å². The van der Waals surface area contributed by atoms with Crippen LogP contribution in [-0.4, -0.2) is 64.1 Å². The Labute approximate surface area is 189 Å². The summed E-state index contributed by atoms with van der Waals surface area (Å²) >= 11 is 0. The van der Waals surface area contributed by atoms with E-state index in [0.717, 1.165) is 0 Å². The summed E-state index contributed by atoms with van der Waals surface area (Å²) in [4.78, 5) is 67.8. The molecule has 4 rings (SSSR count). The van der Waals surface area contributed by atoms with Gasteiger partial charge in [-0.1, -0.05) is 0 Å². The van der Waals surface area contributed by atoms with Crippen LogP contribution in [0.25, 0.3) is 22.3 Å². The molecule has 0 unspecified atom stereocenters. The number of aromatic amines is 2. The molecule has 0 aliphatic rings. The fourth-order valence-electron chi connectivity index (χ4n) is 2.99. The van der Waals surface area contributed by atoms with Gasteiger partial charge in [0.05, 0.1) is 25.9 Å². The predicted octanol–water partition coefficient (Wildman–Crippen LogP) is -0.882. The number of aromatic nitrogens is 8. The maximum Gasteiger partial charge on any atom is 0.280 e. The van der Waals surface area contributed by atoms with Gasteiger partial charge in [-0.15, -0.1) is 0 Å². The Bertz CT molecular complexity index is 1370. The Hall–Kier alpha value is -4.44. The third-order valence-corrected chi connectivity index (χ3v) is 4.37. The lowest BCUT2D eigenvalue weighted by Gasteiger charge is -2.08. The van der Waals surface area contributed by atoms with Crippen LogP contribution in [0.3, 0.4) is 0 Å². The predicted molar refractivity (Wildman–Crippen MR) is 117 cm³/mol. The fraction of sp³-hybridized carbons (Fsp3) is 0.333. The Morgan fingerprint density at radius 3 is 1.62 bits per heavy atom. The zero-order chi connectivity index (χ0) is 24.2. The number of H-pyrrole nitrogens is 2. The van der Waals surface area contributed by atoms with E-state index in [-0.39, 0.29) is 72.7 Å². The molecule has 2 amide bonds. The number of rotatable bonds is 9. The second kappa shape index (κ2) is 9.59. The van der Waals surface area contributed by atoms with Crippen molar-refractivity contribution in [2.24, 2.45) is 0 Å². The summed E-state index contributed by atoms with van der Waals surface area (Å²) < 4.78 is 14.1. The van der Waals surface area contributed by atoms with Crippen molar-refractivity contribution in [1.29, 1.82) is 0 Å². The zero-order valence-electron chi connectivity index (χ0n) is 18.1. The normalized spacial score (nSPS) is 11.2. The maximum absolute atomic E-state index is 12.1. The first kappa shape index (κ1) is 22.7. The largest absolute Gasteiger partial charge is 0.358 e. The van der Waals surface area contributed by atoms with E-state index in [4.69, 9.17) is 9.47 Å². The van der Waals surface area contributed by atoms with Gasteiger partial charge in [-0.2, -0.15) is 9.97 Å². The number of hydrogen-bond acceptors (Lipinski definition) is 10. The van der Waals surface area contributed by atoms with Gasteiger partial charge < -0.3 is 9.47 Å². The highest BCUT2D eigenvalue weighted by Crippen LogP contribution is 2.09. The third kappa shape index (κ3) is 4.97. The molecule has 0 aliphatic heterocycles. The molecular weight excluding hydrogens is 452 g/mol. The van der Waals surface area contributed by atoms with Gasteiger partial charge in [-0.25, -0.2) is 9.97 Å². The quantitative estimate of drug-likeness (QED) is 0.221. The van der Waals surface area contributed by atoms with Crippen molar-refractivity contribution in [3.8, 4) is 0 Å². The highest BCUT2D eigenvalue weighted by atomic mass is 16.5. The Kier molecular flexibility index (Phi) is 6.42. The SMILES string of the molecule is CC(=O)Nc1nc2c(ncn2COCCOCn2cnc3c(=O)[nH]c(NC(C)=O)nc32)c(=O)[nH]1. The van der Waals surface area contributed by atoms with Gasteiger partial charge in [0, 0.05) is 13.8 Å². The van der Waals surface area contributed by atoms with Gasteiger partial charge in [-0.05, 0) is 0 Å². The average Bonchev–Trinajstić information content (AvgIpc) is 3.34. The van der Waals surface area contributed by atoms with Crippen LogP contribution in [0, 0.1) is 0 Å². The molecule has 178 valence electrons. The number of nitrogens with one attached hydrogen (secondary N) is 4. The van der Waals surface area contributed by atoms with Crippen molar-refractivity contribution in [3.63, 3.8) is 0 Å². The average molecular weight is 472 g/mol. The molecule has 4 aromatic rings. The van der Waals surface area contributed by atoms with Crippen molar-refractivity contribution < 1.29 is 19.1 Å². The topological polar surface area (TPSA) is 204 Å². The molecule has 4 heterocycles. The molecule has 0 radical (unpaired) electrons. The Morgan fingerprint density at radius 2 is 1.24 bits per heavy atom. The summed E-state index contributed by atoms with van der Waals surface area (Å²) in [5.41, 5.74) is -0.242. The molecule has 16 nitrogen and oxygen atoms in total. The summed E-state index contributed by atoms with van der Waals surface area (Å²) in [5.74, 6) is -0.731. The first-order valence-corrected chi connectivity index (χ1v) is 9.93. The van der Waals surface area contributed by atoms with E-state index in [2.05, 4.69) is 40.5 Å². The lowest BCUT2D eigenvalue weighted by molar-refractivity contribution is -0.115. The minimum atomic E-state index is -0.488. The number of hydrogen-bond donors (Lipinski definition) is 4. The Balaban J connectivity index is 1.32. The van der Waals surface area contributed by atoms with Crippen LogP contribution < -0.4 is 21.8 Å². The van der Waals surface area contributed by atoms with E-state index in [0.29, 0.717) is 0 Å². The molecule has 4 aromatic heterocycles. The number of nitrogens with zero attached hydrogens (tertiary/aromatic N) is 6. The number of fused-ring (bicyclic) bond motifs is 2. The molecule has 0 saturated heterocycles. The van der Waals surface area contributed by atoms with Crippen LogP contribution in [0.15, 0.2) is 22.2 Å². The van der Waals surface area contributed by atoms with Crippen molar-refractivity contribution in [2.45, 2.75) is 27.3 Å². The fourth-order valence-corrected chi connectivity index (χ4v) is 2.99. The molecule has 0 aliphatic carbocycles. The second-order valence-electron chi connectivity index (χ2n) is 7.04. The summed E-state index contributed by atoms with van der Waals surface area (Å²) in [6, 6.07) is 0. The van der Waals surface area contributed by atoms with E-state index in [1.165, 1.54) is 35.6 Å². The van der Waals surface area contributed by atoms with Gasteiger partial charge >= 0.3 is 0 Å². The molecule has 0 saturated carbocycles. The summed E-state index contributed by atoms with van der Waals surface area (Å²) in [7, 11) is 0. The van der Waals surface area contributed by atoms with Gasteiger partial charge in [0.25, 0.3) is 11.1 Å². The van der Waals surface area contributed by atoms with Gasteiger partial charge in [0.15, 0.2) is 22.3 Å². The first-order valence-electron chi connectivity index (χ1n) is 9.93. The summed E-state index contributed by atoms with van der Waals surface area (Å²) in [5, 5.41) is 4.84. The molecule has 0 bridgehead atoms. The number of anilines is 2. The van der Waals surface area contributed by atoms with Crippen molar-refractivity contribution >= 4 is 46.0 Å². The van der Waals surface area contributed by atoms with E-state index in [1.807, 2.05) is 0 Å². The Morgan fingerprint density at radius 1 is 0.824 bits per heavy atom. The number of ether oxygens (including phenoxy) is 2. The number of imidazole rings is 2. The van der Waals surface area contributed by atoms with Crippen LogP contribution in [-0.2, 0) is 32.5 Å². The van der Waals surface area contributed by atoms with Crippen LogP contribution in [0.4, 0.5) is 11.9 Å². The summed E-state index contributed by atoms with van der Waals surface area (Å²) in [6.45, 7) is 3.07. The minimum Gasteiger partial charge on any atom is -0.358 e. The maximum atomic E-state index is 12.1. The number of carbonyl (C=O) groups is 2. The zero-order valence-corrected chi connectivity index (χ0v) is 18.1. The lowest BCUT2D eigenvalue weighted by atomic mass is 10.5. The van der Waals surface area contributed by atoms with Gasteiger partial charge in [0.1, 0.15) is 13.5 Å². The standard InChI is InChI=1S/C18H20N10O6/c1-9(29)21-17-23-13-11(15(31)25-17)19-5-27(13)7-33-3-4-34-8-28-6-20-12-14(28)24-18(22-10(2)30)26-16(12)32/h5-6H,3-4,7-8H2,1-2H3,(H2,21,23,25,29,31)(H2,22,24,26,30,32). The molecule has 4 N–H and O–H groups in total. The van der Waals surface area contributed by atoms with Gasteiger partial charge in [-0.3, -0.25) is 48.9 Å². The molecule has 0 fully saturated rings. The van der Waals surface area contributed by atoms with Gasteiger partial charge in [0.2, 0.25) is 23.7 Å². The monoisotopic (exact) mass is 472 g/mol. The van der Waals surface area contributed by atoms with Crippen LogP contribution in [0.1, 0.15) is 13.8 Å². The molecule has 16 heteroatoms. The van der Waals surface area contributed by atoms with Crippen molar-refractivity contribution in [3.05, 3.63) is 33.4 Å². The smallest absolute Gasteiger partial charge is 0.280 e. The minimum absolute atomic E-state index is 0.0109. The third-order valence-electron chi connectivity index (χ3n) is 4.37. The van der Waals surface area contributed by atoms with Crippen molar-refractivity contribution in [2.75, 3.05) is 23.8 Å². The first-order chi connectivity index (χ1) is 16.3. The highest BCUT2D eigenvalue weighted by Gasteiger charge is 2.12. The lowest BCUT2D eigenvalue weighted by Crippen LogP contribution is -2.17. The second-order valence-corrected chi connectivity index (χ2v) is 7.04.